The van der Waals surface area contributed by atoms with Gasteiger partial charge in [-0.1, -0.05) is 66.2 Å². The van der Waals surface area contributed by atoms with E-state index in [1.54, 1.807) is 12.1 Å². The number of aromatic nitrogens is 1. The Balaban J connectivity index is 2.54. The fraction of sp³-hybridized carbons (Fsp3) is 0.565. The molecule has 1 heterocycles. The molecular formula is C23H37NO2SSi. The van der Waals surface area contributed by atoms with Gasteiger partial charge in [0.25, 0.3) is 0 Å². The van der Waals surface area contributed by atoms with Crippen LogP contribution in [0, 0.1) is 6.92 Å². The zero-order valence-corrected chi connectivity index (χ0v) is 20.5. The Labute approximate surface area is 173 Å². The summed E-state index contributed by atoms with van der Waals surface area (Å²) in [4.78, 5) is 0.415. The number of aryl methyl sites for hydroxylation is 1. The zero-order valence-electron chi connectivity index (χ0n) is 18.7. The van der Waals surface area contributed by atoms with Crippen molar-refractivity contribution in [2.75, 3.05) is 0 Å². The molecule has 156 valence electrons. The van der Waals surface area contributed by atoms with Gasteiger partial charge < -0.3 is 4.23 Å². The maximum Gasteiger partial charge on any atom is 0.185 e. The van der Waals surface area contributed by atoms with E-state index in [-0.39, 0.29) is 0 Å². The number of rotatable bonds is 8. The van der Waals surface area contributed by atoms with Crippen LogP contribution in [-0.2, 0) is 9.84 Å². The van der Waals surface area contributed by atoms with Crippen molar-refractivity contribution in [2.45, 2.75) is 88.6 Å². The molecule has 1 atom stereocenters. The minimum atomic E-state index is -3.41. The lowest BCUT2D eigenvalue weighted by Gasteiger charge is -2.44. The van der Waals surface area contributed by atoms with Crippen LogP contribution in [-0.4, -0.2) is 20.9 Å². The van der Waals surface area contributed by atoms with Gasteiger partial charge in [-0.2, -0.15) is 0 Å². The largest absolute Gasteiger partial charge is 0.379 e. The monoisotopic (exact) mass is 419 g/mol. The topological polar surface area (TPSA) is 39.1 Å². The van der Waals surface area contributed by atoms with E-state index in [9.17, 15) is 8.42 Å². The van der Waals surface area contributed by atoms with E-state index >= 15 is 0 Å². The van der Waals surface area contributed by atoms with Crippen molar-refractivity contribution < 1.29 is 8.42 Å². The quantitative estimate of drug-likeness (QED) is 0.444. The molecular weight excluding hydrogens is 382 g/mol. The molecule has 0 spiro atoms. The number of nitrogens with zero attached hydrogens (tertiary/aromatic N) is 1. The molecule has 0 N–H and O–H groups in total. The zero-order chi connectivity index (χ0) is 21.3. The Morgan fingerprint density at radius 1 is 0.893 bits per heavy atom. The molecule has 0 aliphatic heterocycles. The Kier molecular flexibility index (Phi) is 7.03. The predicted molar refractivity (Wildman–Crippen MR) is 122 cm³/mol. The van der Waals surface area contributed by atoms with Gasteiger partial charge in [-0.15, -0.1) is 0 Å². The van der Waals surface area contributed by atoms with Gasteiger partial charge in [0, 0.05) is 0 Å². The maximum absolute atomic E-state index is 13.3. The van der Waals surface area contributed by atoms with Gasteiger partial charge in [-0.05, 0) is 66.1 Å². The van der Waals surface area contributed by atoms with Crippen molar-refractivity contribution in [3.05, 3.63) is 53.9 Å². The number of hydrogen-bond acceptors (Lipinski definition) is 2. The van der Waals surface area contributed by atoms with Crippen molar-refractivity contribution in [1.82, 2.24) is 4.23 Å². The van der Waals surface area contributed by atoms with Gasteiger partial charge in [0.1, 0.15) is 0 Å². The highest BCUT2D eigenvalue weighted by molar-refractivity contribution is 7.91. The van der Waals surface area contributed by atoms with Crippen molar-refractivity contribution in [3.63, 3.8) is 0 Å². The molecule has 0 saturated carbocycles. The second-order valence-corrected chi connectivity index (χ2v) is 16.8. The Morgan fingerprint density at radius 3 is 1.82 bits per heavy atom. The van der Waals surface area contributed by atoms with Crippen LogP contribution in [0.3, 0.4) is 0 Å². The molecule has 5 heteroatoms. The van der Waals surface area contributed by atoms with E-state index in [4.69, 9.17) is 0 Å². The predicted octanol–water partition coefficient (Wildman–Crippen LogP) is 6.75. The Morgan fingerprint density at radius 2 is 1.39 bits per heavy atom. The SMILES string of the molecule is CCC(c1ccn([Si](C(C)C)(C(C)C)C(C)C)c1)S(=O)(=O)c1ccc(C)cc1. The van der Waals surface area contributed by atoms with Gasteiger partial charge in [-0.25, -0.2) is 8.42 Å². The average Bonchev–Trinajstić information content (AvgIpc) is 3.04. The summed E-state index contributed by atoms with van der Waals surface area (Å²) in [5, 5.41) is -0.505. The maximum atomic E-state index is 13.3. The highest BCUT2D eigenvalue weighted by atomic mass is 32.2. The summed E-state index contributed by atoms with van der Waals surface area (Å²) in [7, 11) is -5.28. The minimum absolute atomic E-state index is 0.415. The van der Waals surface area contributed by atoms with Crippen LogP contribution in [0.4, 0.5) is 0 Å². The lowest BCUT2D eigenvalue weighted by molar-refractivity contribution is 0.579. The summed E-state index contributed by atoms with van der Waals surface area (Å²) in [6, 6.07) is 9.26. The molecule has 28 heavy (non-hydrogen) atoms. The summed E-state index contributed by atoms with van der Waals surface area (Å²) in [6.45, 7) is 17.9. The van der Waals surface area contributed by atoms with Crippen molar-refractivity contribution in [2.24, 2.45) is 0 Å². The third-order valence-corrected chi connectivity index (χ3v) is 15.4. The molecule has 0 amide bonds. The molecule has 3 nitrogen and oxygen atoms in total. The average molecular weight is 420 g/mol. The first-order valence-corrected chi connectivity index (χ1v) is 14.2. The van der Waals surface area contributed by atoms with Crippen molar-refractivity contribution in [3.8, 4) is 0 Å². The first-order chi connectivity index (χ1) is 13.0. The molecule has 0 radical (unpaired) electrons. The van der Waals surface area contributed by atoms with Gasteiger partial charge in [0.2, 0.25) is 0 Å². The minimum Gasteiger partial charge on any atom is -0.379 e. The van der Waals surface area contributed by atoms with Crippen molar-refractivity contribution >= 4 is 18.1 Å². The van der Waals surface area contributed by atoms with Crippen LogP contribution in [0.5, 0.6) is 0 Å². The van der Waals surface area contributed by atoms with Crippen molar-refractivity contribution in [1.29, 1.82) is 0 Å². The smallest absolute Gasteiger partial charge is 0.185 e. The van der Waals surface area contributed by atoms with Gasteiger partial charge in [0.15, 0.2) is 18.1 Å². The lowest BCUT2D eigenvalue weighted by Crippen LogP contribution is -2.51. The fourth-order valence-corrected chi connectivity index (χ4v) is 13.5. The Hall–Kier alpha value is -1.33. The van der Waals surface area contributed by atoms with Crippen LogP contribution < -0.4 is 0 Å². The van der Waals surface area contributed by atoms with E-state index in [0.29, 0.717) is 27.9 Å². The van der Waals surface area contributed by atoms with Crippen LogP contribution in [0.25, 0.3) is 0 Å². The highest BCUT2D eigenvalue weighted by Crippen LogP contribution is 2.43. The molecule has 2 aromatic rings. The third kappa shape index (κ3) is 3.88. The van der Waals surface area contributed by atoms with E-state index < -0.39 is 23.3 Å². The molecule has 1 aromatic heterocycles. The second kappa shape index (κ2) is 8.58. The molecule has 0 bridgehead atoms. The van der Waals surface area contributed by atoms with Crippen LogP contribution in [0.1, 0.15) is 71.3 Å². The summed E-state index contributed by atoms with van der Waals surface area (Å²) >= 11 is 0. The van der Waals surface area contributed by atoms with Crippen LogP contribution >= 0.6 is 0 Å². The third-order valence-electron chi connectivity index (χ3n) is 6.40. The summed E-state index contributed by atoms with van der Waals surface area (Å²) < 4.78 is 29.1. The van der Waals surface area contributed by atoms with Gasteiger partial charge >= 0.3 is 0 Å². The molecule has 1 unspecified atom stereocenters. The van der Waals surface area contributed by atoms with Crippen LogP contribution in [0.15, 0.2) is 47.6 Å². The first-order valence-electron chi connectivity index (χ1n) is 10.5. The first kappa shape index (κ1) is 23.0. The molecule has 0 aliphatic rings. The fourth-order valence-electron chi connectivity index (χ4n) is 5.27. The van der Waals surface area contributed by atoms with E-state index in [2.05, 4.69) is 58.2 Å². The summed E-state index contributed by atoms with van der Waals surface area (Å²) in [5.74, 6) is 0. The molecule has 0 fully saturated rings. The standard InChI is InChI=1S/C23H37NO2SSi/c1-9-23(27(25,26)22-12-10-20(8)11-13-22)21-14-15-24(16-21)28(17(2)3,18(4)5)19(6)7/h10-19,23H,9H2,1-8H3. The number of sulfone groups is 1. The normalized spacial score (nSPS) is 14.2. The molecule has 0 aliphatic carbocycles. The number of benzene rings is 1. The van der Waals surface area contributed by atoms with Gasteiger partial charge in [0.05, 0.1) is 10.1 Å². The summed E-state index contributed by atoms with van der Waals surface area (Å²) in [6.07, 6.45) is 4.86. The van der Waals surface area contributed by atoms with E-state index in [0.717, 1.165) is 11.1 Å². The Bertz CT molecular complexity index is 858. The molecule has 1 aromatic carbocycles. The molecule has 2 rings (SSSR count). The van der Waals surface area contributed by atoms with Gasteiger partial charge in [-0.3, -0.25) is 0 Å². The molecule has 0 saturated heterocycles. The second-order valence-electron chi connectivity index (χ2n) is 8.96. The lowest BCUT2D eigenvalue weighted by atomic mass is 10.2. The van der Waals surface area contributed by atoms with Crippen LogP contribution in [0.2, 0.25) is 16.6 Å². The highest BCUT2D eigenvalue weighted by Gasteiger charge is 2.45. The van der Waals surface area contributed by atoms with E-state index in [1.165, 1.54) is 0 Å². The number of hydrogen-bond donors (Lipinski definition) is 0. The van der Waals surface area contributed by atoms with E-state index in [1.807, 2.05) is 32.0 Å². The summed E-state index contributed by atoms with van der Waals surface area (Å²) in [5.41, 5.74) is 3.70.